The number of fused-ring (bicyclic) bond motifs is 6. The molecule has 2 heterocycles. The first-order chi connectivity index (χ1) is 49.6. The van der Waals surface area contributed by atoms with Gasteiger partial charge in [-0.05, 0) is 143 Å². The highest BCUT2D eigenvalue weighted by Gasteiger charge is 2.45. The molecule has 20 nitrogen and oxygen atoms in total. The zero-order valence-corrected chi connectivity index (χ0v) is 59.2. The van der Waals surface area contributed by atoms with E-state index in [9.17, 15) is 24.0 Å². The molecule has 102 heavy (non-hydrogen) atoms. The van der Waals surface area contributed by atoms with Gasteiger partial charge in [-0.1, -0.05) is 171 Å². The van der Waals surface area contributed by atoms with Gasteiger partial charge in [0.05, 0.1) is 52.7 Å². The maximum Gasteiger partial charge on any atom is 0.407 e. The fourth-order valence-electron chi connectivity index (χ4n) is 13.8. The van der Waals surface area contributed by atoms with Gasteiger partial charge in [0, 0.05) is 48.6 Å². The molecule has 1 fully saturated rings. The standard InChI is InChI=1S/C81H86N7O13P/c1-8-44-99-102(88(52(2)3)53(4)5)101-73-45-61(100-74(73)51-98-81(56-20-10-9-11-21-56,57-34-38-59(94-6)39-35-57)58-36-40-60(95-7)41-37-58)48-87-43-42-75(86-78(87)91)85-76(89)55-32-30-54(31-33-55)46-82-77(90)72(84-80(93)97-50-71-68-28-18-14-24-64(68)65-25-15-19-29-69(65)71)47-83-79(92)96-49-70-66-26-16-12-22-62(66)63-23-13-17-27-67(63)70/h9-43,52-53,61,70-74H,8,44-51H2,1-7H3,(H,82,90)(H,83,92)(H,84,93)(H,85,86,89,91)/t61-,72?,73?,74-,102?/m1/s1. The third-order valence-electron chi connectivity index (χ3n) is 18.7. The van der Waals surface area contributed by atoms with Gasteiger partial charge in [0.25, 0.3) is 14.4 Å². The predicted molar refractivity (Wildman–Crippen MR) is 391 cm³/mol. The van der Waals surface area contributed by atoms with Gasteiger partial charge in [0.15, 0.2) is 0 Å². The van der Waals surface area contributed by atoms with Crippen LogP contribution in [0.2, 0.25) is 0 Å². The Bertz CT molecular complexity index is 4280. The lowest BCUT2D eigenvalue weighted by atomic mass is 9.80. The van der Waals surface area contributed by atoms with Crippen molar-refractivity contribution in [3.05, 3.63) is 273 Å². The lowest BCUT2D eigenvalue weighted by molar-refractivity contribution is -0.123. The fraction of sp³-hybridized carbons (Fsp3) is 0.309. The number of hydrogen-bond donors (Lipinski definition) is 4. The van der Waals surface area contributed by atoms with Gasteiger partial charge in [0.1, 0.15) is 48.3 Å². The highest BCUT2D eigenvalue weighted by Crippen LogP contribution is 2.51. The Balaban J connectivity index is 0.704. The van der Waals surface area contributed by atoms with Crippen molar-refractivity contribution in [2.45, 2.75) is 114 Å². The average Bonchev–Trinajstić information content (AvgIpc) is 0.871. The van der Waals surface area contributed by atoms with E-state index < -0.39 is 68.2 Å². The van der Waals surface area contributed by atoms with Crippen molar-refractivity contribution < 1.29 is 56.6 Å². The van der Waals surface area contributed by atoms with Gasteiger partial charge < -0.3 is 58.7 Å². The van der Waals surface area contributed by atoms with Crippen LogP contribution in [0.4, 0.5) is 15.4 Å². The van der Waals surface area contributed by atoms with Crippen molar-refractivity contribution in [2.24, 2.45) is 0 Å². The molecule has 4 amide bonds. The van der Waals surface area contributed by atoms with Crippen LogP contribution >= 0.6 is 8.53 Å². The molecule has 0 spiro atoms. The smallest absolute Gasteiger partial charge is 0.407 e. The molecule has 3 unspecified atom stereocenters. The Morgan fingerprint density at radius 2 is 1.13 bits per heavy atom. The van der Waals surface area contributed by atoms with Crippen LogP contribution in [0.3, 0.4) is 0 Å². The van der Waals surface area contributed by atoms with Crippen molar-refractivity contribution in [3.63, 3.8) is 0 Å². The van der Waals surface area contributed by atoms with Crippen LogP contribution in [-0.4, -0.2) is 122 Å². The minimum Gasteiger partial charge on any atom is -0.497 e. The van der Waals surface area contributed by atoms with Crippen LogP contribution < -0.4 is 36.4 Å². The third kappa shape index (κ3) is 16.3. The summed E-state index contributed by atoms with van der Waals surface area (Å²) in [4.78, 5) is 73.3. The van der Waals surface area contributed by atoms with E-state index in [2.05, 4.69) is 65.5 Å². The van der Waals surface area contributed by atoms with Gasteiger partial charge in [-0.3, -0.25) is 14.2 Å². The minimum atomic E-state index is -1.58. The summed E-state index contributed by atoms with van der Waals surface area (Å²) in [6.45, 7) is 11.0. The molecule has 12 rings (SSSR count). The third-order valence-corrected chi connectivity index (χ3v) is 20.9. The number of carbonyl (C=O) groups is 4. The monoisotopic (exact) mass is 1400 g/mol. The number of alkyl carbamates (subject to hydrolysis) is 2. The summed E-state index contributed by atoms with van der Waals surface area (Å²) in [5, 5.41) is 11.0. The van der Waals surface area contributed by atoms with Gasteiger partial charge in [-0.25, -0.2) is 19.1 Å². The van der Waals surface area contributed by atoms with Gasteiger partial charge in [0.2, 0.25) is 5.91 Å². The number of aromatic nitrogens is 2. The van der Waals surface area contributed by atoms with E-state index in [1.54, 1.807) is 50.7 Å². The Hall–Kier alpha value is -10.1. The topological polar surface area (TPSA) is 228 Å². The predicted octanol–water partition coefficient (Wildman–Crippen LogP) is 13.9. The number of anilines is 1. The highest BCUT2D eigenvalue weighted by atomic mass is 31.2. The molecule has 1 saturated heterocycles. The molecule has 3 aliphatic rings. The van der Waals surface area contributed by atoms with Crippen molar-refractivity contribution >= 4 is 38.3 Å². The first kappa shape index (κ1) is 71.8. The van der Waals surface area contributed by atoms with Crippen molar-refractivity contribution in [1.82, 2.24) is 30.2 Å². The summed E-state index contributed by atoms with van der Waals surface area (Å²) in [5.41, 5.74) is 10.1. The molecule has 528 valence electrons. The number of hydrogen-bond acceptors (Lipinski definition) is 15. The minimum absolute atomic E-state index is 0.00246. The molecule has 0 radical (unpaired) electrons. The number of rotatable bonds is 30. The number of nitrogens with one attached hydrogen (secondary N) is 4. The molecule has 8 aromatic carbocycles. The molecule has 5 atom stereocenters. The van der Waals surface area contributed by atoms with Crippen LogP contribution in [0.1, 0.15) is 114 Å². The summed E-state index contributed by atoms with van der Waals surface area (Å²) in [6.07, 6.45) is -0.586. The molecule has 9 aromatic rings. The number of carbonyl (C=O) groups excluding carboxylic acids is 4. The summed E-state index contributed by atoms with van der Waals surface area (Å²) >= 11 is 0. The number of amides is 4. The van der Waals surface area contributed by atoms with Crippen LogP contribution in [-0.2, 0) is 51.5 Å². The van der Waals surface area contributed by atoms with E-state index in [1.807, 2.05) is 176 Å². The fourth-order valence-corrected chi connectivity index (χ4v) is 15.7. The number of ether oxygens (including phenoxy) is 6. The van der Waals surface area contributed by atoms with Crippen LogP contribution in [0, 0.1) is 0 Å². The van der Waals surface area contributed by atoms with Gasteiger partial charge in [-0.15, -0.1) is 0 Å². The van der Waals surface area contributed by atoms with E-state index in [0.29, 0.717) is 30.1 Å². The Morgan fingerprint density at radius 3 is 1.64 bits per heavy atom. The summed E-state index contributed by atoms with van der Waals surface area (Å²) in [5.74, 6) is -0.151. The number of nitrogens with zero attached hydrogens (tertiary/aromatic N) is 3. The largest absolute Gasteiger partial charge is 0.497 e. The molecular formula is C81H86N7O13P. The SMILES string of the molecule is CCCOP(OC1C[C@H](Cn2ccc(NC(=O)c3ccc(CNC(=O)C(CNC(=O)OCC4c5ccccc5-c5ccccc54)NC(=O)OCC4c5ccccc5-c5ccccc54)cc3)nc2=O)O[C@@H]1COC(c1ccccc1)(c1ccc(OC)cc1)c1ccc(OC)cc1)N(C(C)C)C(C)C. The second kappa shape index (κ2) is 33.2. The lowest BCUT2D eigenvalue weighted by Crippen LogP contribution is -2.52. The molecular weight excluding hydrogens is 1310 g/mol. The maximum atomic E-state index is 14.1. The molecule has 1 aliphatic heterocycles. The van der Waals surface area contributed by atoms with Crippen molar-refractivity contribution in [2.75, 3.05) is 52.5 Å². The molecule has 0 bridgehead atoms. The first-order valence-corrected chi connectivity index (χ1v) is 35.7. The maximum absolute atomic E-state index is 14.1. The van der Waals surface area contributed by atoms with E-state index >= 15 is 0 Å². The summed E-state index contributed by atoms with van der Waals surface area (Å²) in [7, 11) is 1.68. The van der Waals surface area contributed by atoms with E-state index in [0.717, 1.165) is 67.6 Å². The summed E-state index contributed by atoms with van der Waals surface area (Å²) in [6, 6.07) is 64.6. The van der Waals surface area contributed by atoms with E-state index in [4.69, 9.17) is 37.5 Å². The summed E-state index contributed by atoms with van der Waals surface area (Å²) < 4.78 is 54.6. The Kier molecular flexibility index (Phi) is 23.3. The average molecular weight is 1400 g/mol. The van der Waals surface area contributed by atoms with Crippen LogP contribution in [0.5, 0.6) is 11.5 Å². The normalized spacial score (nSPS) is 16.0. The zero-order chi connectivity index (χ0) is 71.3. The molecule has 4 N–H and O–H groups in total. The molecule has 2 aliphatic carbocycles. The Morgan fingerprint density at radius 1 is 0.618 bits per heavy atom. The molecule has 1 aromatic heterocycles. The quantitative estimate of drug-likeness (QED) is 0.0242. The molecule has 0 saturated carbocycles. The first-order valence-electron chi connectivity index (χ1n) is 34.6. The van der Waals surface area contributed by atoms with Crippen molar-refractivity contribution in [3.8, 4) is 33.8 Å². The lowest BCUT2D eigenvalue weighted by Gasteiger charge is -2.39. The van der Waals surface area contributed by atoms with Gasteiger partial charge >= 0.3 is 17.9 Å². The number of benzene rings is 8. The second-order valence-electron chi connectivity index (χ2n) is 26.0. The van der Waals surface area contributed by atoms with Gasteiger partial charge in [-0.2, -0.15) is 4.98 Å². The zero-order valence-electron chi connectivity index (χ0n) is 58.3. The number of methoxy groups -OCH3 is 2. The van der Waals surface area contributed by atoms with Crippen LogP contribution in [0.25, 0.3) is 22.3 Å². The van der Waals surface area contributed by atoms with E-state index in [1.165, 1.54) is 4.57 Å². The van der Waals surface area contributed by atoms with E-state index in [-0.39, 0.29) is 74.8 Å². The molecule has 21 heteroatoms. The van der Waals surface area contributed by atoms with Crippen LogP contribution in [0.15, 0.2) is 217 Å². The second-order valence-corrected chi connectivity index (χ2v) is 27.4. The Labute approximate surface area is 596 Å². The van der Waals surface area contributed by atoms with Crippen molar-refractivity contribution in [1.29, 1.82) is 0 Å². The highest BCUT2D eigenvalue weighted by molar-refractivity contribution is 7.44.